The Bertz CT molecular complexity index is 510. The highest BCUT2D eigenvalue weighted by atomic mass is 32.2. The van der Waals surface area contributed by atoms with Crippen molar-refractivity contribution in [2.24, 2.45) is 7.05 Å². The van der Waals surface area contributed by atoms with Crippen molar-refractivity contribution in [1.82, 2.24) is 15.1 Å². The summed E-state index contributed by atoms with van der Waals surface area (Å²) in [4.78, 5) is 12.7. The van der Waals surface area contributed by atoms with Gasteiger partial charge in [-0.05, 0) is 12.1 Å². The highest BCUT2D eigenvalue weighted by Gasteiger charge is 2.03. The molecule has 0 saturated heterocycles. The van der Waals surface area contributed by atoms with Gasteiger partial charge in [0, 0.05) is 30.2 Å². The number of nitrogens with zero attached hydrogens (tertiary/aromatic N) is 2. The summed E-state index contributed by atoms with van der Waals surface area (Å²) in [6.07, 6.45) is 3.65. The van der Waals surface area contributed by atoms with E-state index in [1.54, 1.807) is 10.9 Å². The molecule has 1 aromatic heterocycles. The molecular formula is C13H15N3OS. The van der Waals surface area contributed by atoms with Gasteiger partial charge in [0.05, 0.1) is 11.9 Å². The summed E-state index contributed by atoms with van der Waals surface area (Å²) >= 11 is 1.54. The van der Waals surface area contributed by atoms with Crippen LogP contribution in [0.5, 0.6) is 0 Å². The molecule has 2 rings (SSSR count). The van der Waals surface area contributed by atoms with E-state index in [9.17, 15) is 4.79 Å². The number of amides is 1. The van der Waals surface area contributed by atoms with Gasteiger partial charge in [0.15, 0.2) is 0 Å². The van der Waals surface area contributed by atoms with Gasteiger partial charge in [-0.2, -0.15) is 5.10 Å². The zero-order valence-corrected chi connectivity index (χ0v) is 11.0. The van der Waals surface area contributed by atoms with Crippen molar-refractivity contribution < 1.29 is 4.79 Å². The molecule has 1 N–H and O–H groups in total. The van der Waals surface area contributed by atoms with Gasteiger partial charge in [-0.25, -0.2) is 0 Å². The first-order valence-electron chi connectivity index (χ1n) is 5.66. The van der Waals surface area contributed by atoms with Gasteiger partial charge in [-0.3, -0.25) is 9.48 Å². The van der Waals surface area contributed by atoms with Gasteiger partial charge in [0.1, 0.15) is 0 Å². The molecule has 0 aliphatic carbocycles. The lowest BCUT2D eigenvalue weighted by atomic mass is 10.3. The Morgan fingerprint density at radius 1 is 1.39 bits per heavy atom. The molecule has 0 fully saturated rings. The summed E-state index contributed by atoms with van der Waals surface area (Å²) in [6.45, 7) is 0.530. The molecule has 0 saturated carbocycles. The molecule has 94 valence electrons. The van der Waals surface area contributed by atoms with E-state index < -0.39 is 0 Å². The van der Waals surface area contributed by atoms with Crippen LogP contribution in [0.3, 0.4) is 0 Å². The lowest BCUT2D eigenvalue weighted by Crippen LogP contribution is -2.24. The van der Waals surface area contributed by atoms with E-state index in [1.807, 2.05) is 43.6 Å². The second-order valence-electron chi connectivity index (χ2n) is 3.90. The van der Waals surface area contributed by atoms with Crippen LogP contribution in [0.1, 0.15) is 5.56 Å². The number of nitrogens with one attached hydrogen (secondary N) is 1. The molecule has 0 unspecified atom stereocenters. The molecular weight excluding hydrogens is 246 g/mol. The van der Waals surface area contributed by atoms with Crippen molar-refractivity contribution in [2.45, 2.75) is 11.4 Å². The molecule has 0 radical (unpaired) electrons. The van der Waals surface area contributed by atoms with Crippen molar-refractivity contribution in [3.05, 3.63) is 48.3 Å². The van der Waals surface area contributed by atoms with E-state index in [0.29, 0.717) is 12.3 Å². The molecule has 0 aliphatic rings. The Hall–Kier alpha value is -1.75. The van der Waals surface area contributed by atoms with Crippen LogP contribution in [-0.4, -0.2) is 21.4 Å². The number of hydrogen-bond acceptors (Lipinski definition) is 3. The van der Waals surface area contributed by atoms with Gasteiger partial charge in [0.2, 0.25) is 5.91 Å². The van der Waals surface area contributed by atoms with Crippen molar-refractivity contribution in [2.75, 3.05) is 5.75 Å². The minimum Gasteiger partial charge on any atom is -0.351 e. The number of carbonyl (C=O) groups excluding carboxylic acids is 1. The fraction of sp³-hybridized carbons (Fsp3) is 0.231. The number of aryl methyl sites for hydroxylation is 1. The third kappa shape index (κ3) is 3.92. The van der Waals surface area contributed by atoms with Crippen molar-refractivity contribution in [3.63, 3.8) is 0 Å². The van der Waals surface area contributed by atoms with Crippen LogP contribution >= 0.6 is 11.8 Å². The average molecular weight is 261 g/mol. The lowest BCUT2D eigenvalue weighted by Gasteiger charge is -2.03. The maximum atomic E-state index is 11.6. The molecule has 0 atom stereocenters. The predicted molar refractivity (Wildman–Crippen MR) is 72.2 cm³/mol. The highest BCUT2D eigenvalue weighted by molar-refractivity contribution is 8.00. The number of carbonyl (C=O) groups is 1. The van der Waals surface area contributed by atoms with Crippen LogP contribution < -0.4 is 5.32 Å². The summed E-state index contributed by atoms with van der Waals surface area (Å²) in [7, 11) is 1.86. The molecule has 1 amide bonds. The first kappa shape index (κ1) is 12.7. The first-order valence-corrected chi connectivity index (χ1v) is 6.64. The maximum absolute atomic E-state index is 11.6. The third-order valence-corrected chi connectivity index (χ3v) is 3.37. The van der Waals surface area contributed by atoms with Crippen LogP contribution in [0.25, 0.3) is 0 Å². The molecule has 0 aliphatic heterocycles. The fourth-order valence-electron chi connectivity index (χ4n) is 1.48. The van der Waals surface area contributed by atoms with Gasteiger partial charge >= 0.3 is 0 Å². The molecule has 0 bridgehead atoms. The van der Waals surface area contributed by atoms with Gasteiger partial charge in [0.25, 0.3) is 0 Å². The third-order valence-electron chi connectivity index (χ3n) is 2.36. The lowest BCUT2D eigenvalue weighted by molar-refractivity contribution is -0.118. The number of aromatic nitrogens is 2. The second-order valence-corrected chi connectivity index (χ2v) is 4.95. The Morgan fingerprint density at radius 2 is 2.17 bits per heavy atom. The topological polar surface area (TPSA) is 46.9 Å². The largest absolute Gasteiger partial charge is 0.351 e. The number of rotatable bonds is 5. The Kier molecular flexibility index (Phi) is 4.41. The maximum Gasteiger partial charge on any atom is 0.230 e. The Morgan fingerprint density at radius 3 is 2.83 bits per heavy atom. The summed E-state index contributed by atoms with van der Waals surface area (Å²) in [6, 6.07) is 9.90. The Balaban J connectivity index is 1.73. The fourth-order valence-corrected chi connectivity index (χ4v) is 2.23. The van der Waals surface area contributed by atoms with Crippen LogP contribution in [0, 0.1) is 0 Å². The van der Waals surface area contributed by atoms with E-state index in [-0.39, 0.29) is 5.91 Å². The minimum absolute atomic E-state index is 0.0349. The molecule has 2 aromatic rings. The minimum atomic E-state index is 0.0349. The molecule has 5 heteroatoms. The molecule has 18 heavy (non-hydrogen) atoms. The number of benzene rings is 1. The van der Waals surface area contributed by atoms with E-state index in [0.717, 1.165) is 10.5 Å². The van der Waals surface area contributed by atoms with Crippen LogP contribution in [0.2, 0.25) is 0 Å². The van der Waals surface area contributed by atoms with E-state index in [4.69, 9.17) is 0 Å². The van der Waals surface area contributed by atoms with Crippen LogP contribution in [-0.2, 0) is 18.4 Å². The monoisotopic (exact) mass is 261 g/mol. The summed E-state index contributed by atoms with van der Waals surface area (Å²) in [5.41, 5.74) is 1.01. The van der Waals surface area contributed by atoms with Crippen molar-refractivity contribution >= 4 is 17.7 Å². The Labute approximate surface area is 110 Å². The average Bonchev–Trinajstić information content (AvgIpc) is 2.81. The predicted octanol–water partition coefficient (Wildman–Crippen LogP) is 1.83. The molecule has 1 heterocycles. The van der Waals surface area contributed by atoms with Crippen molar-refractivity contribution in [3.8, 4) is 0 Å². The molecule has 0 spiro atoms. The SMILES string of the molecule is Cn1cc(CNC(=O)CSc2ccccc2)cn1. The van der Waals surface area contributed by atoms with E-state index in [1.165, 1.54) is 11.8 Å². The van der Waals surface area contributed by atoms with Crippen LogP contribution in [0.15, 0.2) is 47.6 Å². The molecule has 1 aromatic carbocycles. The van der Waals surface area contributed by atoms with Gasteiger partial charge in [-0.1, -0.05) is 18.2 Å². The van der Waals surface area contributed by atoms with E-state index >= 15 is 0 Å². The summed E-state index contributed by atoms with van der Waals surface area (Å²) in [5, 5.41) is 6.92. The normalized spacial score (nSPS) is 10.3. The van der Waals surface area contributed by atoms with Gasteiger partial charge in [-0.15, -0.1) is 11.8 Å². The standard InChI is InChI=1S/C13H15N3OS/c1-16-9-11(8-15-16)7-14-13(17)10-18-12-5-3-2-4-6-12/h2-6,8-9H,7,10H2,1H3,(H,14,17). The zero-order valence-electron chi connectivity index (χ0n) is 10.2. The van der Waals surface area contributed by atoms with Crippen molar-refractivity contribution in [1.29, 1.82) is 0 Å². The van der Waals surface area contributed by atoms with E-state index in [2.05, 4.69) is 10.4 Å². The zero-order chi connectivity index (χ0) is 12.8. The number of thioether (sulfide) groups is 1. The van der Waals surface area contributed by atoms with Crippen LogP contribution in [0.4, 0.5) is 0 Å². The smallest absolute Gasteiger partial charge is 0.230 e. The highest BCUT2D eigenvalue weighted by Crippen LogP contribution is 2.16. The summed E-state index contributed by atoms with van der Waals surface area (Å²) < 4.78 is 1.72. The first-order chi connectivity index (χ1) is 8.74. The van der Waals surface area contributed by atoms with Gasteiger partial charge < -0.3 is 5.32 Å². The quantitative estimate of drug-likeness (QED) is 0.835. The summed E-state index contributed by atoms with van der Waals surface area (Å²) in [5.74, 6) is 0.470. The second kappa shape index (κ2) is 6.26. The number of hydrogen-bond donors (Lipinski definition) is 1. The molecule has 4 nitrogen and oxygen atoms in total.